The van der Waals surface area contributed by atoms with Crippen molar-refractivity contribution in [3.05, 3.63) is 101 Å². The summed E-state index contributed by atoms with van der Waals surface area (Å²) in [4.78, 5) is 43.1. The van der Waals surface area contributed by atoms with Gasteiger partial charge in [-0.1, -0.05) is 66.7 Å². The molecule has 3 aliphatic carbocycles. The first-order valence-corrected chi connectivity index (χ1v) is 13.8. The first-order valence-electron chi connectivity index (χ1n) is 12.4. The molecule has 3 amide bonds. The maximum atomic E-state index is 14.1. The molecule has 1 saturated heterocycles. The van der Waals surface area contributed by atoms with Gasteiger partial charge in [0, 0.05) is 17.5 Å². The Hall–Kier alpha value is -3.38. The zero-order valence-corrected chi connectivity index (χ0v) is 21.1. The van der Waals surface area contributed by atoms with E-state index in [0.717, 1.165) is 27.8 Å². The second-order valence-electron chi connectivity index (χ2n) is 9.91. The van der Waals surface area contributed by atoms with E-state index < -0.39 is 17.9 Å². The molecule has 3 aromatic rings. The van der Waals surface area contributed by atoms with Gasteiger partial charge in [0.1, 0.15) is 6.04 Å². The molecule has 3 aromatic carbocycles. The summed E-state index contributed by atoms with van der Waals surface area (Å²) in [5.41, 5.74) is 6.18. The molecule has 3 atom stereocenters. The van der Waals surface area contributed by atoms with Crippen LogP contribution < -0.4 is 5.32 Å². The Balaban J connectivity index is 1.41. The molecular formula is C30H28N2O3S. The number of carbonyl (C=O) groups is 3. The molecule has 0 spiro atoms. The van der Waals surface area contributed by atoms with Gasteiger partial charge in [0.25, 0.3) is 0 Å². The highest BCUT2D eigenvalue weighted by atomic mass is 32.2. The average Bonchev–Trinajstić information content (AvgIpc) is 3.16. The normalized spacial score (nSPS) is 24.2. The lowest BCUT2D eigenvalue weighted by atomic mass is 9.55. The van der Waals surface area contributed by atoms with Crippen LogP contribution in [0.1, 0.15) is 46.1 Å². The van der Waals surface area contributed by atoms with Gasteiger partial charge in [0.2, 0.25) is 17.7 Å². The number of aryl methyl sites for hydroxylation is 1. The highest BCUT2D eigenvalue weighted by Gasteiger charge is 2.62. The molecule has 6 heteroatoms. The van der Waals surface area contributed by atoms with Crippen molar-refractivity contribution in [3.63, 3.8) is 0 Å². The summed E-state index contributed by atoms with van der Waals surface area (Å²) in [6, 6.07) is 23.1. The fourth-order valence-electron chi connectivity index (χ4n) is 6.54. The summed E-state index contributed by atoms with van der Waals surface area (Å²) in [5.74, 6) is -1.35. The van der Waals surface area contributed by atoms with E-state index in [9.17, 15) is 14.4 Å². The second-order valence-corrected chi connectivity index (χ2v) is 10.9. The lowest BCUT2D eigenvalue weighted by Crippen LogP contribution is -2.48. The van der Waals surface area contributed by atoms with Crippen molar-refractivity contribution in [2.24, 2.45) is 11.8 Å². The third kappa shape index (κ3) is 3.34. The molecule has 0 aromatic heterocycles. The van der Waals surface area contributed by atoms with Crippen molar-refractivity contribution in [1.29, 1.82) is 0 Å². The van der Waals surface area contributed by atoms with E-state index in [-0.39, 0.29) is 29.6 Å². The van der Waals surface area contributed by atoms with E-state index >= 15 is 0 Å². The van der Waals surface area contributed by atoms with Gasteiger partial charge < -0.3 is 5.32 Å². The summed E-state index contributed by atoms with van der Waals surface area (Å²) < 4.78 is 0. The summed E-state index contributed by atoms with van der Waals surface area (Å²) in [5, 5.41) is 3.00. The third-order valence-corrected chi connectivity index (χ3v) is 8.74. The Kier molecular flexibility index (Phi) is 5.72. The maximum Gasteiger partial charge on any atom is 0.247 e. The Labute approximate surface area is 215 Å². The first-order chi connectivity index (χ1) is 17.5. The van der Waals surface area contributed by atoms with E-state index in [2.05, 4.69) is 29.6 Å². The predicted molar refractivity (Wildman–Crippen MR) is 142 cm³/mol. The lowest BCUT2D eigenvalue weighted by molar-refractivity contribution is -0.146. The number of hydrogen-bond donors (Lipinski definition) is 1. The number of nitrogens with zero attached hydrogens (tertiary/aromatic N) is 1. The van der Waals surface area contributed by atoms with Crippen molar-refractivity contribution < 1.29 is 14.4 Å². The second kappa shape index (κ2) is 8.93. The number of rotatable bonds is 6. The number of imide groups is 1. The van der Waals surface area contributed by atoms with E-state index in [1.165, 1.54) is 4.90 Å². The summed E-state index contributed by atoms with van der Waals surface area (Å²) >= 11 is 1.61. The maximum absolute atomic E-state index is 14.1. The topological polar surface area (TPSA) is 66.5 Å². The number of anilines is 1. The molecule has 36 heavy (non-hydrogen) atoms. The van der Waals surface area contributed by atoms with Gasteiger partial charge in [-0.25, -0.2) is 0 Å². The molecule has 2 bridgehead atoms. The zero-order chi connectivity index (χ0) is 25.0. The summed E-state index contributed by atoms with van der Waals surface area (Å²) in [6.45, 7) is 1.93. The minimum absolute atomic E-state index is 0.172. The molecule has 4 aliphatic rings. The number of amides is 3. The fraction of sp³-hybridized carbons (Fsp3) is 0.300. The molecule has 1 N–H and O–H groups in total. The van der Waals surface area contributed by atoms with Crippen LogP contribution >= 0.6 is 11.8 Å². The van der Waals surface area contributed by atoms with Crippen LogP contribution in [0.25, 0.3) is 0 Å². The van der Waals surface area contributed by atoms with Gasteiger partial charge in [0.15, 0.2) is 0 Å². The van der Waals surface area contributed by atoms with Crippen LogP contribution in [0.2, 0.25) is 0 Å². The highest BCUT2D eigenvalue weighted by Crippen LogP contribution is 2.61. The molecule has 0 unspecified atom stereocenters. The fourth-order valence-corrected chi connectivity index (χ4v) is 7.00. The van der Waals surface area contributed by atoms with Crippen LogP contribution in [0.4, 0.5) is 5.69 Å². The van der Waals surface area contributed by atoms with E-state index in [1.54, 1.807) is 11.8 Å². The molecule has 7 rings (SSSR count). The predicted octanol–water partition coefficient (Wildman–Crippen LogP) is 4.95. The Morgan fingerprint density at radius 1 is 0.833 bits per heavy atom. The molecule has 1 fully saturated rings. The number of carbonyl (C=O) groups excluding carboxylic acids is 3. The van der Waals surface area contributed by atoms with Crippen molar-refractivity contribution in [3.8, 4) is 0 Å². The largest absolute Gasteiger partial charge is 0.324 e. The van der Waals surface area contributed by atoms with Crippen LogP contribution in [0.5, 0.6) is 0 Å². The van der Waals surface area contributed by atoms with Crippen LogP contribution in [-0.4, -0.2) is 40.7 Å². The molecule has 182 valence electrons. The van der Waals surface area contributed by atoms with Gasteiger partial charge in [-0.3, -0.25) is 19.3 Å². The number of nitrogens with one attached hydrogen (secondary N) is 1. The molecule has 0 saturated carbocycles. The van der Waals surface area contributed by atoms with E-state index in [1.807, 2.05) is 61.7 Å². The molecule has 0 radical (unpaired) electrons. The summed E-state index contributed by atoms with van der Waals surface area (Å²) in [6.07, 6.45) is 2.39. The van der Waals surface area contributed by atoms with Crippen LogP contribution in [0, 0.1) is 18.8 Å². The van der Waals surface area contributed by atoms with Crippen molar-refractivity contribution in [2.75, 3.05) is 17.3 Å². The van der Waals surface area contributed by atoms with E-state index in [4.69, 9.17) is 0 Å². The van der Waals surface area contributed by atoms with Crippen molar-refractivity contribution in [2.45, 2.75) is 31.2 Å². The SMILES string of the molecule is CSCC[C@H](C(=O)Nc1ccccc1C)N1C(=O)[C@@H]2C3c4ccccc4C(c4ccccc43)[C@H]2C1=O. The summed E-state index contributed by atoms with van der Waals surface area (Å²) in [7, 11) is 0. The van der Waals surface area contributed by atoms with Crippen molar-refractivity contribution >= 4 is 35.2 Å². The standard InChI is InChI=1S/C30H28N2O3S/c1-17-9-3-8-14-22(17)31-28(33)23(15-16-36-2)32-29(34)26-24-18-10-4-5-11-19(18)25(27(26)30(32)35)21-13-7-6-12-20(21)24/h3-14,23-27H,15-16H2,1-2H3,(H,31,33)/t23-,24?,25?,26-,27-/m1/s1. The average molecular weight is 497 g/mol. The quantitative estimate of drug-likeness (QED) is 0.491. The van der Waals surface area contributed by atoms with Gasteiger partial charge in [-0.2, -0.15) is 11.8 Å². The highest BCUT2D eigenvalue weighted by molar-refractivity contribution is 7.98. The van der Waals surface area contributed by atoms with Crippen molar-refractivity contribution in [1.82, 2.24) is 4.90 Å². The molecular weight excluding hydrogens is 468 g/mol. The molecule has 1 heterocycles. The Morgan fingerprint density at radius 3 is 1.78 bits per heavy atom. The van der Waals surface area contributed by atoms with Gasteiger partial charge in [-0.05, 0) is 59.2 Å². The number of para-hydroxylation sites is 1. The van der Waals surface area contributed by atoms with Crippen LogP contribution in [0.15, 0.2) is 72.8 Å². The van der Waals surface area contributed by atoms with Gasteiger partial charge in [0.05, 0.1) is 11.8 Å². The van der Waals surface area contributed by atoms with Crippen LogP contribution in [0.3, 0.4) is 0 Å². The Morgan fingerprint density at radius 2 is 1.31 bits per heavy atom. The minimum Gasteiger partial charge on any atom is -0.324 e. The number of benzene rings is 3. The minimum atomic E-state index is -0.840. The van der Waals surface area contributed by atoms with Crippen LogP contribution in [-0.2, 0) is 14.4 Å². The number of hydrogen-bond acceptors (Lipinski definition) is 4. The van der Waals surface area contributed by atoms with E-state index in [0.29, 0.717) is 17.9 Å². The zero-order valence-electron chi connectivity index (χ0n) is 20.3. The van der Waals surface area contributed by atoms with Gasteiger partial charge in [-0.15, -0.1) is 0 Å². The first kappa shape index (κ1) is 23.0. The number of likely N-dealkylation sites (tertiary alicyclic amines) is 1. The molecule has 1 aliphatic heterocycles. The number of thioether (sulfide) groups is 1. The van der Waals surface area contributed by atoms with Gasteiger partial charge >= 0.3 is 0 Å². The monoisotopic (exact) mass is 496 g/mol. The Bertz CT molecular complexity index is 1270. The lowest BCUT2D eigenvalue weighted by Gasteiger charge is -2.45. The third-order valence-electron chi connectivity index (χ3n) is 8.10. The molecule has 5 nitrogen and oxygen atoms in total. The smallest absolute Gasteiger partial charge is 0.247 e.